The molecule has 2 heteroatoms. The SMILES string of the molecule is CCC(C)c1ccc(CNCCO)cc1. The molecule has 1 rings (SSSR count). The first-order valence-corrected chi connectivity index (χ1v) is 5.68. The molecule has 0 fully saturated rings. The van der Waals surface area contributed by atoms with Gasteiger partial charge in [-0.25, -0.2) is 0 Å². The fraction of sp³-hybridized carbons (Fsp3) is 0.538. The van der Waals surface area contributed by atoms with Gasteiger partial charge >= 0.3 is 0 Å². The number of hydrogen-bond donors (Lipinski definition) is 2. The average Bonchev–Trinajstić information content (AvgIpc) is 2.29. The molecule has 84 valence electrons. The molecule has 0 saturated carbocycles. The molecule has 1 unspecified atom stereocenters. The van der Waals surface area contributed by atoms with Crippen molar-refractivity contribution in [3.8, 4) is 0 Å². The van der Waals surface area contributed by atoms with Crippen molar-refractivity contribution in [2.75, 3.05) is 13.2 Å². The maximum atomic E-state index is 8.63. The van der Waals surface area contributed by atoms with Crippen LogP contribution < -0.4 is 5.32 Å². The van der Waals surface area contributed by atoms with E-state index in [1.807, 2.05) is 0 Å². The van der Waals surface area contributed by atoms with Gasteiger partial charge in [-0.3, -0.25) is 0 Å². The van der Waals surface area contributed by atoms with Gasteiger partial charge in [-0.15, -0.1) is 0 Å². The Bertz CT molecular complexity index is 268. The molecule has 0 aliphatic heterocycles. The zero-order valence-corrected chi connectivity index (χ0v) is 9.66. The summed E-state index contributed by atoms with van der Waals surface area (Å²) in [4.78, 5) is 0. The van der Waals surface area contributed by atoms with Gasteiger partial charge in [-0.1, -0.05) is 38.1 Å². The molecule has 0 amide bonds. The van der Waals surface area contributed by atoms with E-state index in [0.29, 0.717) is 12.5 Å². The number of benzene rings is 1. The zero-order valence-electron chi connectivity index (χ0n) is 9.66. The zero-order chi connectivity index (χ0) is 11.1. The maximum Gasteiger partial charge on any atom is 0.0556 e. The lowest BCUT2D eigenvalue weighted by atomic mass is 9.98. The summed E-state index contributed by atoms with van der Waals surface area (Å²) in [6, 6.07) is 8.71. The monoisotopic (exact) mass is 207 g/mol. The second-order valence-electron chi connectivity index (χ2n) is 3.95. The predicted octanol–water partition coefficient (Wildman–Crippen LogP) is 2.28. The summed E-state index contributed by atoms with van der Waals surface area (Å²) in [6.07, 6.45) is 1.18. The van der Waals surface area contributed by atoms with Crippen molar-refractivity contribution >= 4 is 0 Å². The molecule has 2 nitrogen and oxygen atoms in total. The number of hydrogen-bond acceptors (Lipinski definition) is 2. The fourth-order valence-corrected chi connectivity index (χ4v) is 1.51. The van der Waals surface area contributed by atoms with Crippen LogP contribution in [0.15, 0.2) is 24.3 Å². The lowest BCUT2D eigenvalue weighted by molar-refractivity contribution is 0.292. The van der Waals surface area contributed by atoms with Crippen LogP contribution in [0.1, 0.15) is 37.3 Å². The topological polar surface area (TPSA) is 32.3 Å². The summed E-state index contributed by atoms with van der Waals surface area (Å²) < 4.78 is 0. The third kappa shape index (κ3) is 4.02. The van der Waals surface area contributed by atoms with Crippen LogP contribution in [-0.2, 0) is 6.54 Å². The maximum absolute atomic E-state index is 8.63. The van der Waals surface area contributed by atoms with E-state index < -0.39 is 0 Å². The molecule has 0 heterocycles. The van der Waals surface area contributed by atoms with Crippen LogP contribution in [-0.4, -0.2) is 18.3 Å². The standard InChI is InChI=1S/C13H21NO/c1-3-11(2)13-6-4-12(5-7-13)10-14-8-9-15/h4-7,11,14-15H,3,8-10H2,1-2H3. The Kier molecular flexibility index (Phi) is 5.37. The lowest BCUT2D eigenvalue weighted by Crippen LogP contribution is -2.17. The van der Waals surface area contributed by atoms with E-state index in [1.54, 1.807) is 0 Å². The van der Waals surface area contributed by atoms with E-state index in [4.69, 9.17) is 5.11 Å². The van der Waals surface area contributed by atoms with Gasteiger partial charge in [-0.2, -0.15) is 0 Å². The molecule has 0 spiro atoms. The molecular weight excluding hydrogens is 186 g/mol. The average molecular weight is 207 g/mol. The normalized spacial score (nSPS) is 12.7. The number of rotatable bonds is 6. The van der Waals surface area contributed by atoms with Crippen LogP contribution in [0.3, 0.4) is 0 Å². The van der Waals surface area contributed by atoms with Gasteiger partial charge in [0.2, 0.25) is 0 Å². The van der Waals surface area contributed by atoms with Crippen molar-refractivity contribution in [2.45, 2.75) is 32.7 Å². The Hall–Kier alpha value is -0.860. The van der Waals surface area contributed by atoms with Gasteiger partial charge in [0, 0.05) is 13.1 Å². The molecule has 0 aliphatic rings. The molecule has 0 aromatic heterocycles. The van der Waals surface area contributed by atoms with E-state index in [-0.39, 0.29) is 6.61 Å². The quantitative estimate of drug-likeness (QED) is 0.701. The van der Waals surface area contributed by atoms with Crippen LogP contribution >= 0.6 is 0 Å². The van der Waals surface area contributed by atoms with Gasteiger partial charge in [0.05, 0.1) is 6.61 Å². The van der Waals surface area contributed by atoms with Crippen molar-refractivity contribution in [1.29, 1.82) is 0 Å². The predicted molar refractivity (Wildman–Crippen MR) is 63.9 cm³/mol. The summed E-state index contributed by atoms with van der Waals surface area (Å²) in [5.41, 5.74) is 2.68. The van der Waals surface area contributed by atoms with Gasteiger partial charge in [0.15, 0.2) is 0 Å². The minimum atomic E-state index is 0.199. The molecule has 0 saturated heterocycles. The van der Waals surface area contributed by atoms with Crippen LogP contribution in [0.25, 0.3) is 0 Å². The molecule has 1 aromatic carbocycles. The van der Waals surface area contributed by atoms with E-state index in [2.05, 4.69) is 43.4 Å². The molecule has 0 aliphatic carbocycles. The van der Waals surface area contributed by atoms with Crippen molar-refractivity contribution in [2.24, 2.45) is 0 Å². The molecule has 1 atom stereocenters. The highest BCUT2D eigenvalue weighted by molar-refractivity contribution is 5.24. The number of aliphatic hydroxyl groups excluding tert-OH is 1. The second kappa shape index (κ2) is 6.59. The molecule has 15 heavy (non-hydrogen) atoms. The Labute approximate surface area is 92.3 Å². The van der Waals surface area contributed by atoms with Crippen molar-refractivity contribution < 1.29 is 5.11 Å². The van der Waals surface area contributed by atoms with Crippen molar-refractivity contribution in [3.05, 3.63) is 35.4 Å². The van der Waals surface area contributed by atoms with Crippen LogP contribution in [0.5, 0.6) is 0 Å². The molecule has 0 radical (unpaired) electrons. The molecule has 0 bridgehead atoms. The highest BCUT2D eigenvalue weighted by Gasteiger charge is 2.01. The summed E-state index contributed by atoms with van der Waals surface area (Å²) in [5, 5.41) is 11.8. The van der Waals surface area contributed by atoms with Gasteiger partial charge in [0.1, 0.15) is 0 Å². The van der Waals surface area contributed by atoms with Crippen molar-refractivity contribution in [3.63, 3.8) is 0 Å². The minimum absolute atomic E-state index is 0.199. The van der Waals surface area contributed by atoms with E-state index in [1.165, 1.54) is 17.5 Å². The Balaban J connectivity index is 2.49. The molecule has 1 aromatic rings. The Morgan fingerprint density at radius 2 is 1.93 bits per heavy atom. The highest BCUT2D eigenvalue weighted by atomic mass is 16.3. The third-order valence-electron chi connectivity index (χ3n) is 2.78. The second-order valence-corrected chi connectivity index (χ2v) is 3.95. The minimum Gasteiger partial charge on any atom is -0.395 e. The van der Waals surface area contributed by atoms with Gasteiger partial charge in [0.25, 0.3) is 0 Å². The third-order valence-corrected chi connectivity index (χ3v) is 2.78. The summed E-state index contributed by atoms with van der Waals surface area (Å²) in [7, 11) is 0. The summed E-state index contributed by atoms with van der Waals surface area (Å²) in [5.74, 6) is 0.643. The van der Waals surface area contributed by atoms with E-state index >= 15 is 0 Å². The van der Waals surface area contributed by atoms with Gasteiger partial charge in [-0.05, 0) is 23.5 Å². The molecular formula is C13H21NO. The highest BCUT2D eigenvalue weighted by Crippen LogP contribution is 2.18. The van der Waals surface area contributed by atoms with E-state index in [0.717, 1.165) is 6.54 Å². The Morgan fingerprint density at radius 3 is 2.47 bits per heavy atom. The number of aliphatic hydroxyl groups is 1. The largest absolute Gasteiger partial charge is 0.395 e. The van der Waals surface area contributed by atoms with Crippen LogP contribution in [0, 0.1) is 0 Å². The first-order chi connectivity index (χ1) is 7.27. The first kappa shape index (κ1) is 12.2. The lowest BCUT2D eigenvalue weighted by Gasteiger charge is -2.10. The van der Waals surface area contributed by atoms with Crippen LogP contribution in [0.2, 0.25) is 0 Å². The van der Waals surface area contributed by atoms with Crippen molar-refractivity contribution in [1.82, 2.24) is 5.32 Å². The smallest absolute Gasteiger partial charge is 0.0556 e. The van der Waals surface area contributed by atoms with E-state index in [9.17, 15) is 0 Å². The first-order valence-electron chi connectivity index (χ1n) is 5.68. The molecule has 2 N–H and O–H groups in total. The van der Waals surface area contributed by atoms with Crippen LogP contribution in [0.4, 0.5) is 0 Å². The van der Waals surface area contributed by atoms with Gasteiger partial charge < -0.3 is 10.4 Å². The summed E-state index contributed by atoms with van der Waals surface area (Å²) >= 11 is 0. The fourth-order valence-electron chi connectivity index (χ4n) is 1.51. The summed E-state index contributed by atoms with van der Waals surface area (Å²) in [6.45, 7) is 6.15. The Morgan fingerprint density at radius 1 is 1.27 bits per heavy atom. The number of nitrogens with one attached hydrogen (secondary N) is 1.